The van der Waals surface area contributed by atoms with Gasteiger partial charge in [0.15, 0.2) is 0 Å². The standard InChI is InChI=1S/C20H24N2O2S/c25-20(21-10-11-22-12-14-23-15-13-22)18-8-4-5-9-19(18)24-16-17-6-2-1-3-7-17/h1-9H,10-16H2,(H,21,25). The number of hydrogen-bond acceptors (Lipinski definition) is 4. The third-order valence-electron chi connectivity index (χ3n) is 4.19. The highest BCUT2D eigenvalue weighted by Crippen LogP contribution is 2.19. The molecule has 0 atom stereocenters. The van der Waals surface area contributed by atoms with E-state index in [1.807, 2.05) is 42.5 Å². The first-order valence-electron chi connectivity index (χ1n) is 8.67. The van der Waals surface area contributed by atoms with Crippen LogP contribution in [0.1, 0.15) is 11.1 Å². The monoisotopic (exact) mass is 356 g/mol. The SMILES string of the molecule is S=C(NCCN1CCOCC1)c1ccccc1OCc1ccccc1. The van der Waals surface area contributed by atoms with Crippen molar-refractivity contribution >= 4 is 17.2 Å². The van der Waals surface area contributed by atoms with Crippen LogP contribution in [0.4, 0.5) is 0 Å². The number of morpholine rings is 1. The molecule has 5 heteroatoms. The first-order chi connectivity index (χ1) is 12.3. The Hall–Kier alpha value is -1.95. The molecule has 2 aromatic rings. The fraction of sp³-hybridized carbons (Fsp3) is 0.350. The molecule has 0 saturated carbocycles. The third kappa shape index (κ3) is 5.53. The van der Waals surface area contributed by atoms with Crippen LogP contribution in [-0.2, 0) is 11.3 Å². The lowest BCUT2D eigenvalue weighted by Crippen LogP contribution is -2.41. The molecule has 1 fully saturated rings. The zero-order valence-corrected chi connectivity index (χ0v) is 15.1. The third-order valence-corrected chi connectivity index (χ3v) is 4.55. The maximum atomic E-state index is 5.99. The van der Waals surface area contributed by atoms with Crippen molar-refractivity contribution in [1.29, 1.82) is 0 Å². The molecule has 1 aliphatic rings. The van der Waals surface area contributed by atoms with Gasteiger partial charge in [-0.1, -0.05) is 54.7 Å². The number of ether oxygens (including phenoxy) is 2. The van der Waals surface area contributed by atoms with Crippen molar-refractivity contribution in [2.45, 2.75) is 6.61 Å². The van der Waals surface area contributed by atoms with Crippen LogP contribution in [0.2, 0.25) is 0 Å². The smallest absolute Gasteiger partial charge is 0.129 e. The van der Waals surface area contributed by atoms with Crippen molar-refractivity contribution in [2.75, 3.05) is 39.4 Å². The highest BCUT2D eigenvalue weighted by Gasteiger charge is 2.11. The van der Waals surface area contributed by atoms with Crippen molar-refractivity contribution in [3.05, 3.63) is 65.7 Å². The Morgan fingerprint density at radius 3 is 2.56 bits per heavy atom. The van der Waals surface area contributed by atoms with E-state index in [0.29, 0.717) is 6.61 Å². The van der Waals surface area contributed by atoms with Gasteiger partial charge in [-0.25, -0.2) is 0 Å². The van der Waals surface area contributed by atoms with E-state index >= 15 is 0 Å². The molecule has 0 amide bonds. The number of benzene rings is 2. The molecule has 1 heterocycles. The summed E-state index contributed by atoms with van der Waals surface area (Å²) in [6, 6.07) is 18.1. The lowest BCUT2D eigenvalue weighted by atomic mass is 10.2. The minimum atomic E-state index is 0.536. The topological polar surface area (TPSA) is 33.7 Å². The summed E-state index contributed by atoms with van der Waals surface area (Å²) in [4.78, 5) is 3.12. The van der Waals surface area contributed by atoms with Gasteiger partial charge in [-0.15, -0.1) is 0 Å². The minimum absolute atomic E-state index is 0.536. The first kappa shape index (κ1) is 17.9. The van der Waals surface area contributed by atoms with Crippen molar-refractivity contribution in [2.24, 2.45) is 0 Å². The van der Waals surface area contributed by atoms with Gasteiger partial charge in [-0.2, -0.15) is 0 Å². The van der Waals surface area contributed by atoms with Crippen LogP contribution >= 0.6 is 12.2 Å². The molecule has 132 valence electrons. The predicted octanol–water partition coefficient (Wildman–Crippen LogP) is 2.86. The van der Waals surface area contributed by atoms with Crippen LogP contribution in [0.25, 0.3) is 0 Å². The number of hydrogen-bond donors (Lipinski definition) is 1. The Balaban J connectivity index is 1.53. The maximum absolute atomic E-state index is 5.99. The van der Waals surface area contributed by atoms with Crippen LogP contribution in [0.5, 0.6) is 5.75 Å². The van der Waals surface area contributed by atoms with E-state index in [-0.39, 0.29) is 0 Å². The summed E-state index contributed by atoms with van der Waals surface area (Å²) in [7, 11) is 0. The molecule has 0 aromatic heterocycles. The summed E-state index contributed by atoms with van der Waals surface area (Å²) in [5.74, 6) is 0.815. The molecular formula is C20H24N2O2S. The Bertz CT molecular complexity index is 672. The summed E-state index contributed by atoms with van der Waals surface area (Å²) >= 11 is 5.57. The van der Waals surface area contributed by atoms with E-state index < -0.39 is 0 Å². The van der Waals surface area contributed by atoms with Gasteiger partial charge in [0, 0.05) is 26.2 Å². The highest BCUT2D eigenvalue weighted by molar-refractivity contribution is 7.80. The highest BCUT2D eigenvalue weighted by atomic mass is 32.1. The summed E-state index contributed by atoms with van der Waals surface area (Å²) < 4.78 is 11.4. The second kappa shape index (κ2) is 9.51. The zero-order chi connectivity index (χ0) is 17.3. The van der Waals surface area contributed by atoms with Crippen molar-refractivity contribution in [3.8, 4) is 5.75 Å². The molecule has 4 nitrogen and oxygen atoms in total. The predicted molar refractivity (Wildman–Crippen MR) is 104 cm³/mol. The maximum Gasteiger partial charge on any atom is 0.129 e. The number of rotatable bonds is 7. The zero-order valence-electron chi connectivity index (χ0n) is 14.3. The molecule has 1 N–H and O–H groups in total. The van der Waals surface area contributed by atoms with Crippen LogP contribution in [0.15, 0.2) is 54.6 Å². The Labute approximate surface area is 154 Å². The molecule has 25 heavy (non-hydrogen) atoms. The quantitative estimate of drug-likeness (QED) is 0.772. The largest absolute Gasteiger partial charge is 0.488 e. The van der Waals surface area contributed by atoms with Gasteiger partial charge in [0.2, 0.25) is 0 Å². The van der Waals surface area contributed by atoms with Crippen molar-refractivity contribution in [1.82, 2.24) is 10.2 Å². The normalized spacial score (nSPS) is 14.9. The number of nitrogens with one attached hydrogen (secondary N) is 1. The Morgan fingerprint density at radius 1 is 1.04 bits per heavy atom. The summed E-state index contributed by atoms with van der Waals surface area (Å²) in [5, 5.41) is 3.35. The molecule has 1 saturated heterocycles. The molecular weight excluding hydrogens is 332 g/mol. The van der Waals surface area contributed by atoms with Gasteiger partial charge in [-0.3, -0.25) is 4.90 Å². The number of thiocarbonyl (C=S) groups is 1. The van der Waals surface area contributed by atoms with Crippen LogP contribution in [0.3, 0.4) is 0 Å². The van der Waals surface area contributed by atoms with Gasteiger partial charge < -0.3 is 14.8 Å². The summed E-state index contributed by atoms with van der Waals surface area (Å²) in [6.45, 7) is 5.95. The van der Waals surface area contributed by atoms with E-state index in [1.54, 1.807) is 0 Å². The average molecular weight is 356 g/mol. The second-order valence-electron chi connectivity index (χ2n) is 5.98. The molecule has 0 spiro atoms. The fourth-order valence-electron chi connectivity index (χ4n) is 2.76. The first-order valence-corrected chi connectivity index (χ1v) is 9.08. The van der Waals surface area contributed by atoms with Gasteiger partial charge in [0.25, 0.3) is 0 Å². The van der Waals surface area contributed by atoms with E-state index in [0.717, 1.165) is 61.3 Å². The molecule has 1 aliphatic heterocycles. The van der Waals surface area contributed by atoms with Gasteiger partial charge in [0.05, 0.1) is 18.8 Å². The lowest BCUT2D eigenvalue weighted by Gasteiger charge is -2.26. The van der Waals surface area contributed by atoms with E-state index in [2.05, 4.69) is 22.3 Å². The molecule has 0 radical (unpaired) electrons. The van der Waals surface area contributed by atoms with Gasteiger partial charge in [-0.05, 0) is 17.7 Å². The van der Waals surface area contributed by atoms with Crippen LogP contribution in [-0.4, -0.2) is 49.3 Å². The van der Waals surface area contributed by atoms with E-state index in [4.69, 9.17) is 21.7 Å². The second-order valence-corrected chi connectivity index (χ2v) is 6.39. The Morgan fingerprint density at radius 2 is 1.76 bits per heavy atom. The van der Waals surface area contributed by atoms with Gasteiger partial charge >= 0.3 is 0 Å². The molecule has 0 bridgehead atoms. The molecule has 0 aliphatic carbocycles. The van der Waals surface area contributed by atoms with Crippen molar-refractivity contribution < 1.29 is 9.47 Å². The summed E-state index contributed by atoms with van der Waals surface area (Å²) in [5.41, 5.74) is 2.08. The van der Waals surface area contributed by atoms with Crippen LogP contribution < -0.4 is 10.1 Å². The van der Waals surface area contributed by atoms with E-state index in [9.17, 15) is 0 Å². The number of nitrogens with zero attached hydrogens (tertiary/aromatic N) is 1. The average Bonchev–Trinajstić information content (AvgIpc) is 2.68. The molecule has 0 unspecified atom stereocenters. The fourth-order valence-corrected chi connectivity index (χ4v) is 3.03. The van der Waals surface area contributed by atoms with Gasteiger partial charge in [0.1, 0.15) is 17.3 Å². The Kier molecular flexibility index (Phi) is 6.79. The summed E-state index contributed by atoms with van der Waals surface area (Å²) in [6.07, 6.45) is 0. The van der Waals surface area contributed by atoms with Crippen LogP contribution in [0, 0.1) is 0 Å². The molecule has 3 rings (SSSR count). The number of para-hydroxylation sites is 1. The molecule has 2 aromatic carbocycles. The minimum Gasteiger partial charge on any atom is -0.488 e. The van der Waals surface area contributed by atoms with Crippen molar-refractivity contribution in [3.63, 3.8) is 0 Å². The van der Waals surface area contributed by atoms with E-state index in [1.165, 1.54) is 0 Å². The lowest BCUT2D eigenvalue weighted by molar-refractivity contribution is 0.0389.